The van der Waals surface area contributed by atoms with Crippen LogP contribution in [0, 0.1) is 5.92 Å². The summed E-state index contributed by atoms with van der Waals surface area (Å²) < 4.78 is 0. The number of likely N-dealkylation sites (tertiary alicyclic amines) is 1. The Morgan fingerprint density at radius 2 is 1.92 bits per heavy atom. The molecule has 1 fully saturated rings. The highest BCUT2D eigenvalue weighted by atomic mass is 16.2. The number of aromatic nitrogens is 2. The van der Waals surface area contributed by atoms with E-state index in [0.717, 1.165) is 42.3 Å². The van der Waals surface area contributed by atoms with E-state index in [1.165, 1.54) is 12.8 Å². The lowest BCUT2D eigenvalue weighted by Crippen LogP contribution is -2.37. The molecule has 0 spiro atoms. The van der Waals surface area contributed by atoms with Gasteiger partial charge in [-0.1, -0.05) is 37.3 Å². The van der Waals surface area contributed by atoms with E-state index in [9.17, 15) is 4.79 Å². The Hall–Kier alpha value is -2.27. The smallest absolute Gasteiger partial charge is 0.227 e. The lowest BCUT2D eigenvalue weighted by molar-refractivity contribution is -0.136. The summed E-state index contributed by atoms with van der Waals surface area (Å²) in [6.07, 6.45) is 4.39. The van der Waals surface area contributed by atoms with Crippen LogP contribution >= 0.6 is 0 Å². The molecule has 1 aromatic heterocycles. The van der Waals surface area contributed by atoms with Gasteiger partial charge in [-0.3, -0.25) is 4.79 Å². The maximum atomic E-state index is 12.8. The number of rotatable bonds is 4. The van der Waals surface area contributed by atoms with Gasteiger partial charge in [-0.15, -0.1) is 0 Å². The number of nitrogens with zero attached hydrogens (tertiary/aromatic N) is 4. The van der Waals surface area contributed by atoms with Crippen LogP contribution < -0.4 is 0 Å². The highest BCUT2D eigenvalue weighted by Crippen LogP contribution is 2.25. The molecule has 0 bridgehead atoms. The first kappa shape index (κ1) is 16.2. The van der Waals surface area contributed by atoms with Gasteiger partial charge in [-0.25, -0.2) is 9.97 Å². The molecule has 25 heavy (non-hydrogen) atoms. The minimum atomic E-state index is 0.0361. The van der Waals surface area contributed by atoms with Gasteiger partial charge in [0.1, 0.15) is 0 Å². The first-order chi connectivity index (χ1) is 12.2. The third kappa shape index (κ3) is 3.42. The maximum Gasteiger partial charge on any atom is 0.227 e. The lowest BCUT2D eigenvalue weighted by atomic mass is 10.1. The van der Waals surface area contributed by atoms with Crippen molar-refractivity contribution in [3.63, 3.8) is 0 Å². The van der Waals surface area contributed by atoms with E-state index in [1.807, 2.05) is 48.4 Å². The molecule has 0 radical (unpaired) electrons. The van der Waals surface area contributed by atoms with Gasteiger partial charge < -0.3 is 9.80 Å². The standard InChI is InChI=1S/C20H24N4O/c1-15(12-23-9-5-6-10-23)20(25)24-13-17-11-21-19(22-18(17)14-24)16-7-3-2-4-8-16/h2-4,7-8,11,15H,5-6,9-10,12-14H2,1H3/t15-/m0/s1. The molecule has 5 nitrogen and oxygen atoms in total. The fourth-order valence-corrected chi connectivity index (χ4v) is 3.78. The van der Waals surface area contributed by atoms with Gasteiger partial charge in [0, 0.05) is 36.3 Å². The predicted octanol–water partition coefficient (Wildman–Crippen LogP) is 2.72. The normalized spacial score (nSPS) is 18.4. The third-order valence-electron chi connectivity index (χ3n) is 5.15. The average Bonchev–Trinajstić information content (AvgIpc) is 3.30. The van der Waals surface area contributed by atoms with Crippen LogP contribution in [-0.4, -0.2) is 45.3 Å². The summed E-state index contributed by atoms with van der Waals surface area (Å²) in [7, 11) is 0. The molecular formula is C20H24N4O. The maximum absolute atomic E-state index is 12.8. The zero-order chi connectivity index (χ0) is 17.2. The van der Waals surface area contributed by atoms with E-state index in [0.29, 0.717) is 13.1 Å². The minimum Gasteiger partial charge on any atom is -0.332 e. The molecule has 2 aliphatic rings. The van der Waals surface area contributed by atoms with Crippen molar-refractivity contribution in [2.75, 3.05) is 19.6 Å². The average molecular weight is 336 g/mol. The van der Waals surface area contributed by atoms with Crippen molar-refractivity contribution >= 4 is 5.91 Å². The molecule has 130 valence electrons. The number of carbonyl (C=O) groups excluding carboxylic acids is 1. The summed E-state index contributed by atoms with van der Waals surface area (Å²) in [6.45, 7) is 6.40. The Labute approximate surface area is 148 Å². The minimum absolute atomic E-state index is 0.0361. The summed E-state index contributed by atoms with van der Waals surface area (Å²) >= 11 is 0. The molecule has 1 saturated heterocycles. The second-order valence-corrected chi connectivity index (χ2v) is 7.13. The van der Waals surface area contributed by atoms with E-state index in [-0.39, 0.29) is 11.8 Å². The van der Waals surface area contributed by atoms with Gasteiger partial charge in [0.05, 0.1) is 12.2 Å². The first-order valence-corrected chi connectivity index (χ1v) is 9.12. The molecule has 0 unspecified atom stereocenters. The van der Waals surface area contributed by atoms with Gasteiger partial charge in [-0.2, -0.15) is 0 Å². The zero-order valence-corrected chi connectivity index (χ0v) is 14.7. The second kappa shape index (κ2) is 6.92. The van der Waals surface area contributed by atoms with Crippen molar-refractivity contribution in [2.45, 2.75) is 32.9 Å². The lowest BCUT2D eigenvalue weighted by Gasteiger charge is -2.24. The number of hydrogen-bond acceptors (Lipinski definition) is 4. The molecule has 0 N–H and O–H groups in total. The van der Waals surface area contributed by atoms with E-state index in [2.05, 4.69) is 9.88 Å². The van der Waals surface area contributed by atoms with Crippen molar-refractivity contribution in [1.29, 1.82) is 0 Å². The number of hydrogen-bond donors (Lipinski definition) is 0. The van der Waals surface area contributed by atoms with Crippen molar-refractivity contribution in [3.05, 3.63) is 47.8 Å². The van der Waals surface area contributed by atoms with Crippen LogP contribution in [-0.2, 0) is 17.9 Å². The third-order valence-corrected chi connectivity index (χ3v) is 5.15. The molecular weight excluding hydrogens is 312 g/mol. The van der Waals surface area contributed by atoms with E-state index >= 15 is 0 Å². The summed E-state index contributed by atoms with van der Waals surface area (Å²) in [5, 5.41) is 0. The van der Waals surface area contributed by atoms with Gasteiger partial charge in [0.15, 0.2) is 5.82 Å². The molecule has 4 rings (SSSR count). The molecule has 1 aromatic carbocycles. The van der Waals surface area contributed by atoms with E-state index < -0.39 is 0 Å². The highest BCUT2D eigenvalue weighted by molar-refractivity contribution is 5.79. The molecule has 0 aliphatic carbocycles. The first-order valence-electron chi connectivity index (χ1n) is 9.12. The van der Waals surface area contributed by atoms with Crippen LogP contribution in [0.25, 0.3) is 11.4 Å². The van der Waals surface area contributed by atoms with Crippen molar-refractivity contribution in [1.82, 2.24) is 19.8 Å². The van der Waals surface area contributed by atoms with Crippen LogP contribution in [0.3, 0.4) is 0 Å². The Morgan fingerprint density at radius 1 is 1.16 bits per heavy atom. The van der Waals surface area contributed by atoms with Crippen LogP contribution in [0.4, 0.5) is 0 Å². The van der Waals surface area contributed by atoms with Gasteiger partial charge in [0.2, 0.25) is 5.91 Å². The Balaban J connectivity index is 1.44. The zero-order valence-electron chi connectivity index (χ0n) is 14.7. The van der Waals surface area contributed by atoms with Crippen LogP contribution in [0.1, 0.15) is 31.0 Å². The van der Waals surface area contributed by atoms with Crippen molar-refractivity contribution in [2.24, 2.45) is 5.92 Å². The van der Waals surface area contributed by atoms with Crippen molar-refractivity contribution in [3.8, 4) is 11.4 Å². The van der Waals surface area contributed by atoms with E-state index in [4.69, 9.17) is 4.98 Å². The number of benzene rings is 1. The molecule has 0 saturated carbocycles. The quantitative estimate of drug-likeness (QED) is 0.861. The Morgan fingerprint density at radius 3 is 2.68 bits per heavy atom. The second-order valence-electron chi connectivity index (χ2n) is 7.13. The molecule has 1 amide bonds. The van der Waals surface area contributed by atoms with Crippen molar-refractivity contribution < 1.29 is 4.79 Å². The number of amides is 1. The van der Waals surface area contributed by atoms with Gasteiger partial charge in [0.25, 0.3) is 0 Å². The monoisotopic (exact) mass is 336 g/mol. The van der Waals surface area contributed by atoms with E-state index in [1.54, 1.807) is 0 Å². The summed E-state index contributed by atoms with van der Waals surface area (Å²) in [5.41, 5.74) is 3.06. The Bertz CT molecular complexity index is 756. The fraction of sp³-hybridized carbons (Fsp3) is 0.450. The molecule has 1 atom stereocenters. The van der Waals surface area contributed by atoms with Crippen LogP contribution in [0.5, 0.6) is 0 Å². The predicted molar refractivity (Wildman–Crippen MR) is 96.6 cm³/mol. The van der Waals surface area contributed by atoms with Gasteiger partial charge in [-0.05, 0) is 25.9 Å². The number of fused-ring (bicyclic) bond motifs is 1. The highest BCUT2D eigenvalue weighted by Gasteiger charge is 2.29. The SMILES string of the molecule is C[C@@H](CN1CCCC1)C(=O)N1Cc2cnc(-c3ccccc3)nc2C1. The Kier molecular flexibility index (Phi) is 4.49. The molecule has 2 aromatic rings. The number of carbonyl (C=O) groups is 1. The fourth-order valence-electron chi connectivity index (χ4n) is 3.78. The largest absolute Gasteiger partial charge is 0.332 e. The summed E-state index contributed by atoms with van der Waals surface area (Å²) in [4.78, 5) is 26.3. The van der Waals surface area contributed by atoms with Crippen LogP contribution in [0.2, 0.25) is 0 Å². The summed E-state index contributed by atoms with van der Waals surface area (Å²) in [6, 6.07) is 9.98. The van der Waals surface area contributed by atoms with Crippen LogP contribution in [0.15, 0.2) is 36.5 Å². The topological polar surface area (TPSA) is 49.3 Å². The molecule has 2 aliphatic heterocycles. The van der Waals surface area contributed by atoms with Gasteiger partial charge >= 0.3 is 0 Å². The molecule has 3 heterocycles. The molecule has 5 heteroatoms. The summed E-state index contributed by atoms with van der Waals surface area (Å²) in [5.74, 6) is 0.999.